The zero-order valence-electron chi connectivity index (χ0n) is 10.3. The topological polar surface area (TPSA) is 52.6 Å². The van der Waals surface area contributed by atoms with E-state index in [-0.39, 0.29) is 23.0 Å². The molecule has 2 rings (SSSR count). The van der Waals surface area contributed by atoms with Crippen molar-refractivity contribution >= 4 is 21.9 Å². The van der Waals surface area contributed by atoms with Crippen LogP contribution in [0.4, 0.5) is 0 Å². The van der Waals surface area contributed by atoms with Crippen molar-refractivity contribution in [3.8, 4) is 0 Å². The Bertz CT molecular complexity index is 495. The van der Waals surface area contributed by atoms with Gasteiger partial charge in [0.25, 0.3) is 10.1 Å². The molecule has 0 radical (unpaired) electrons. The van der Waals surface area contributed by atoms with Crippen LogP contribution in [0.1, 0.15) is 12.5 Å². The fraction of sp³-hybridized carbons (Fsp3) is 0.500. The van der Waals surface area contributed by atoms with Gasteiger partial charge in [0, 0.05) is 5.75 Å². The molecular weight excluding hydrogens is 272 g/mol. The third-order valence-electron chi connectivity index (χ3n) is 2.62. The second-order valence-electron chi connectivity index (χ2n) is 4.21. The van der Waals surface area contributed by atoms with Crippen LogP contribution in [-0.4, -0.2) is 32.3 Å². The van der Waals surface area contributed by atoms with E-state index in [1.54, 1.807) is 36.0 Å². The second-order valence-corrected chi connectivity index (χ2v) is 7.16. The molecule has 1 aromatic carbocycles. The van der Waals surface area contributed by atoms with Gasteiger partial charge in [0.1, 0.15) is 5.44 Å². The first-order chi connectivity index (χ1) is 8.47. The lowest BCUT2D eigenvalue weighted by Gasteiger charge is -2.11. The van der Waals surface area contributed by atoms with E-state index in [4.69, 9.17) is 8.92 Å². The van der Waals surface area contributed by atoms with Crippen molar-refractivity contribution in [2.24, 2.45) is 0 Å². The third-order valence-corrected chi connectivity index (χ3v) is 5.06. The van der Waals surface area contributed by atoms with Crippen molar-refractivity contribution in [1.82, 2.24) is 0 Å². The van der Waals surface area contributed by atoms with Gasteiger partial charge in [-0.05, 0) is 26.0 Å². The van der Waals surface area contributed by atoms with Crippen molar-refractivity contribution in [2.75, 3.05) is 12.4 Å². The van der Waals surface area contributed by atoms with Crippen LogP contribution in [0.25, 0.3) is 0 Å². The minimum atomic E-state index is -3.67. The van der Waals surface area contributed by atoms with Crippen molar-refractivity contribution < 1.29 is 17.3 Å². The molecule has 1 aliphatic rings. The first-order valence-corrected chi connectivity index (χ1v) is 8.16. The Morgan fingerprint density at radius 3 is 2.61 bits per heavy atom. The number of thioether (sulfide) groups is 1. The maximum Gasteiger partial charge on any atom is 0.297 e. The Hall–Kier alpha value is -0.560. The third kappa shape index (κ3) is 3.47. The van der Waals surface area contributed by atoms with E-state index in [2.05, 4.69) is 0 Å². The van der Waals surface area contributed by atoms with E-state index in [0.29, 0.717) is 0 Å². The van der Waals surface area contributed by atoms with Crippen molar-refractivity contribution in [3.05, 3.63) is 29.8 Å². The lowest BCUT2D eigenvalue weighted by molar-refractivity contribution is 0.0431. The van der Waals surface area contributed by atoms with E-state index in [1.807, 2.05) is 13.8 Å². The predicted octanol–water partition coefficient (Wildman–Crippen LogP) is 2.18. The van der Waals surface area contributed by atoms with Crippen molar-refractivity contribution in [1.29, 1.82) is 0 Å². The molecule has 18 heavy (non-hydrogen) atoms. The van der Waals surface area contributed by atoms with Gasteiger partial charge in [-0.25, -0.2) is 0 Å². The normalized spacial score (nSPS) is 24.3. The quantitative estimate of drug-likeness (QED) is 0.795. The van der Waals surface area contributed by atoms with Crippen LogP contribution >= 0.6 is 11.8 Å². The summed E-state index contributed by atoms with van der Waals surface area (Å²) in [6, 6.07) is 6.61. The predicted molar refractivity (Wildman–Crippen MR) is 71.1 cm³/mol. The fourth-order valence-corrected chi connectivity index (χ4v) is 3.45. The Morgan fingerprint density at radius 2 is 2.06 bits per heavy atom. The first kappa shape index (κ1) is 13.9. The summed E-state index contributed by atoms with van der Waals surface area (Å²) < 4.78 is 34.3. The van der Waals surface area contributed by atoms with Crippen molar-refractivity contribution in [3.63, 3.8) is 0 Å². The van der Waals surface area contributed by atoms with E-state index in [1.165, 1.54) is 0 Å². The smallest absolute Gasteiger partial charge is 0.297 e. The van der Waals surface area contributed by atoms with Gasteiger partial charge in [-0.15, -0.1) is 11.8 Å². The van der Waals surface area contributed by atoms with E-state index in [9.17, 15) is 8.42 Å². The molecule has 0 spiro atoms. The molecular formula is C12H16O4S2. The number of benzene rings is 1. The molecule has 0 amide bonds. The number of hydrogen-bond donors (Lipinski definition) is 0. The zero-order chi connectivity index (χ0) is 13.2. The van der Waals surface area contributed by atoms with Crippen LogP contribution < -0.4 is 0 Å². The molecule has 4 nitrogen and oxygen atoms in total. The van der Waals surface area contributed by atoms with Gasteiger partial charge in [-0.1, -0.05) is 17.7 Å². The minimum Gasteiger partial charge on any atom is -0.361 e. The summed E-state index contributed by atoms with van der Waals surface area (Å²) in [6.45, 7) is 3.93. The van der Waals surface area contributed by atoms with E-state index < -0.39 is 10.1 Å². The standard InChI is InChI=1S/C12H16O4S2/c1-9-3-5-12(6-4-9)18(13,14)15-7-11-8-17-10(2)16-11/h3-6,10-11H,7-8H2,1-2H3/t10-,11+/m1/s1. The molecule has 1 fully saturated rings. The van der Waals surface area contributed by atoms with Gasteiger partial charge in [-0.3, -0.25) is 4.18 Å². The molecule has 1 saturated heterocycles. The van der Waals surface area contributed by atoms with Crippen LogP contribution in [0, 0.1) is 6.92 Å². The molecule has 0 aromatic heterocycles. The molecule has 100 valence electrons. The maximum atomic E-state index is 11.9. The lowest BCUT2D eigenvalue weighted by Crippen LogP contribution is -2.21. The summed E-state index contributed by atoms with van der Waals surface area (Å²) in [5.41, 5.74) is 1.12. The van der Waals surface area contributed by atoms with E-state index in [0.717, 1.165) is 11.3 Å². The number of ether oxygens (including phenoxy) is 1. The monoisotopic (exact) mass is 288 g/mol. The van der Waals surface area contributed by atoms with Crippen molar-refractivity contribution in [2.45, 2.75) is 30.3 Å². The summed E-state index contributed by atoms with van der Waals surface area (Å²) in [5, 5.41) is 0. The number of hydrogen-bond acceptors (Lipinski definition) is 5. The molecule has 2 atom stereocenters. The minimum absolute atomic E-state index is 0.0769. The number of rotatable bonds is 4. The van der Waals surface area contributed by atoms with Gasteiger partial charge in [0.05, 0.1) is 17.6 Å². The Labute approximate surface area is 112 Å². The summed E-state index contributed by atoms with van der Waals surface area (Å²) in [4.78, 5) is 0.187. The van der Waals surface area contributed by atoms with Crippen LogP contribution in [0.3, 0.4) is 0 Å². The molecule has 0 aliphatic carbocycles. The highest BCUT2D eigenvalue weighted by Crippen LogP contribution is 2.25. The molecule has 0 unspecified atom stereocenters. The summed E-state index contributed by atoms with van der Waals surface area (Å²) in [5.74, 6) is 0.768. The Kier molecular flexibility index (Phi) is 4.32. The lowest BCUT2D eigenvalue weighted by atomic mass is 10.2. The largest absolute Gasteiger partial charge is 0.361 e. The SMILES string of the molecule is Cc1ccc(S(=O)(=O)OC[C@H]2CS[C@H](C)O2)cc1. The Morgan fingerprint density at radius 1 is 1.39 bits per heavy atom. The highest BCUT2D eigenvalue weighted by atomic mass is 32.2. The average molecular weight is 288 g/mol. The summed E-state index contributed by atoms with van der Waals surface area (Å²) >= 11 is 1.66. The van der Waals surface area contributed by atoms with Crippen LogP contribution in [0.2, 0.25) is 0 Å². The van der Waals surface area contributed by atoms with Crippen LogP contribution in [0.5, 0.6) is 0 Å². The fourth-order valence-electron chi connectivity index (χ4n) is 1.62. The van der Waals surface area contributed by atoms with Gasteiger partial charge in [0.15, 0.2) is 0 Å². The molecule has 1 heterocycles. The maximum absolute atomic E-state index is 11.9. The summed E-state index contributed by atoms with van der Waals surface area (Å²) in [6.07, 6.45) is -0.148. The van der Waals surface area contributed by atoms with Gasteiger partial charge in [-0.2, -0.15) is 8.42 Å². The van der Waals surface area contributed by atoms with Crippen LogP contribution in [0.15, 0.2) is 29.2 Å². The highest BCUT2D eigenvalue weighted by Gasteiger charge is 2.25. The molecule has 1 aromatic rings. The second kappa shape index (κ2) is 5.61. The number of aryl methyl sites for hydroxylation is 1. The van der Waals surface area contributed by atoms with E-state index >= 15 is 0 Å². The average Bonchev–Trinajstić information content (AvgIpc) is 2.73. The molecule has 1 aliphatic heterocycles. The highest BCUT2D eigenvalue weighted by molar-refractivity contribution is 8.00. The molecule has 0 bridgehead atoms. The first-order valence-electron chi connectivity index (χ1n) is 5.70. The molecule has 6 heteroatoms. The van der Waals surface area contributed by atoms with Gasteiger partial charge >= 0.3 is 0 Å². The van der Waals surface area contributed by atoms with Crippen LogP contribution in [-0.2, 0) is 19.0 Å². The Balaban J connectivity index is 1.97. The zero-order valence-corrected chi connectivity index (χ0v) is 12.0. The summed E-state index contributed by atoms with van der Waals surface area (Å²) in [7, 11) is -3.67. The van der Waals surface area contributed by atoms with Gasteiger partial charge < -0.3 is 4.74 Å². The van der Waals surface area contributed by atoms with Gasteiger partial charge in [0.2, 0.25) is 0 Å². The molecule has 0 saturated carbocycles. The molecule has 0 N–H and O–H groups in total.